The maximum Gasteiger partial charge on any atom is 0.389 e. The van der Waals surface area contributed by atoms with Crippen LogP contribution < -0.4 is 5.32 Å². The minimum atomic E-state index is -4.15. The SMILES string of the molecule is COC1OCC(CNC(=O)CCCCC(F)(F)F)O1. The molecular formula is C11H18F3NO4. The van der Waals surface area contributed by atoms with Crippen molar-refractivity contribution in [2.45, 2.75) is 44.4 Å². The Morgan fingerprint density at radius 2 is 2.16 bits per heavy atom. The highest BCUT2D eigenvalue weighted by molar-refractivity contribution is 5.75. The second kappa shape index (κ2) is 7.66. The first-order valence-electron chi connectivity index (χ1n) is 6.04. The van der Waals surface area contributed by atoms with Gasteiger partial charge in [0.25, 0.3) is 6.48 Å². The average molecular weight is 285 g/mol. The van der Waals surface area contributed by atoms with Gasteiger partial charge in [0.15, 0.2) is 0 Å². The molecule has 8 heteroatoms. The van der Waals surface area contributed by atoms with Gasteiger partial charge in [-0.2, -0.15) is 13.2 Å². The molecule has 1 rings (SSSR count). The van der Waals surface area contributed by atoms with Crippen LogP contribution in [0.5, 0.6) is 0 Å². The molecular weight excluding hydrogens is 267 g/mol. The van der Waals surface area contributed by atoms with Gasteiger partial charge in [0.2, 0.25) is 5.91 Å². The van der Waals surface area contributed by atoms with Crippen molar-refractivity contribution in [2.75, 3.05) is 20.3 Å². The quantitative estimate of drug-likeness (QED) is 0.721. The highest BCUT2D eigenvalue weighted by atomic mass is 19.4. The van der Waals surface area contributed by atoms with Crippen LogP contribution in [0.3, 0.4) is 0 Å². The molecule has 0 aromatic carbocycles. The zero-order valence-corrected chi connectivity index (χ0v) is 10.7. The Labute approximate surface area is 109 Å². The molecule has 2 unspecified atom stereocenters. The fourth-order valence-electron chi connectivity index (χ4n) is 1.58. The summed E-state index contributed by atoms with van der Waals surface area (Å²) in [7, 11) is 1.44. The first kappa shape index (κ1) is 16.2. The topological polar surface area (TPSA) is 56.8 Å². The summed E-state index contributed by atoms with van der Waals surface area (Å²) in [6, 6.07) is 0. The minimum absolute atomic E-state index is 0.0360. The van der Waals surface area contributed by atoms with Gasteiger partial charge in [0.1, 0.15) is 6.10 Å². The molecule has 1 N–H and O–H groups in total. The van der Waals surface area contributed by atoms with E-state index in [0.717, 1.165) is 0 Å². The van der Waals surface area contributed by atoms with Crippen LogP contribution in [0.2, 0.25) is 0 Å². The second-order valence-corrected chi connectivity index (χ2v) is 4.24. The van der Waals surface area contributed by atoms with Crippen molar-refractivity contribution >= 4 is 5.91 Å². The predicted octanol–water partition coefficient (Wildman–Crippen LogP) is 1.57. The lowest BCUT2D eigenvalue weighted by molar-refractivity contribution is -0.222. The second-order valence-electron chi connectivity index (χ2n) is 4.24. The number of alkyl halides is 3. The molecule has 1 aliphatic heterocycles. The van der Waals surface area contributed by atoms with Crippen molar-refractivity contribution in [1.29, 1.82) is 0 Å². The summed E-state index contributed by atoms with van der Waals surface area (Å²) in [5, 5.41) is 2.59. The summed E-state index contributed by atoms with van der Waals surface area (Å²) in [6.07, 6.45) is -5.03. The standard InChI is InChI=1S/C11H18F3NO4/c1-17-10-18-7-8(19-10)6-15-9(16)4-2-3-5-11(12,13)14/h8,10H,2-7H2,1H3,(H,15,16). The largest absolute Gasteiger partial charge is 0.389 e. The Balaban J connectivity index is 2.02. The molecule has 0 aliphatic carbocycles. The van der Waals surface area contributed by atoms with Crippen LogP contribution in [0.1, 0.15) is 25.7 Å². The van der Waals surface area contributed by atoms with Crippen molar-refractivity contribution < 1.29 is 32.2 Å². The lowest BCUT2D eigenvalue weighted by Crippen LogP contribution is -2.33. The monoisotopic (exact) mass is 285 g/mol. The Hall–Kier alpha value is -0.860. The molecule has 1 fully saturated rings. The van der Waals surface area contributed by atoms with Crippen molar-refractivity contribution in [3.8, 4) is 0 Å². The number of hydrogen-bond acceptors (Lipinski definition) is 4. The number of methoxy groups -OCH3 is 1. The van der Waals surface area contributed by atoms with E-state index in [1.807, 2.05) is 0 Å². The summed E-state index contributed by atoms with van der Waals surface area (Å²) in [5.74, 6) is -0.286. The van der Waals surface area contributed by atoms with E-state index in [2.05, 4.69) is 5.32 Å². The number of unbranched alkanes of at least 4 members (excludes halogenated alkanes) is 1. The predicted molar refractivity (Wildman–Crippen MR) is 59.2 cm³/mol. The van der Waals surface area contributed by atoms with Gasteiger partial charge in [-0.15, -0.1) is 0 Å². The van der Waals surface area contributed by atoms with Crippen molar-refractivity contribution in [2.24, 2.45) is 0 Å². The number of hydrogen-bond donors (Lipinski definition) is 1. The highest BCUT2D eigenvalue weighted by Crippen LogP contribution is 2.22. The number of nitrogens with one attached hydrogen (secondary N) is 1. The van der Waals surface area contributed by atoms with E-state index < -0.39 is 19.1 Å². The van der Waals surface area contributed by atoms with E-state index in [9.17, 15) is 18.0 Å². The van der Waals surface area contributed by atoms with E-state index in [1.165, 1.54) is 7.11 Å². The number of rotatable bonds is 7. The van der Waals surface area contributed by atoms with Crippen LogP contribution in [0, 0.1) is 0 Å². The first-order chi connectivity index (χ1) is 8.90. The van der Waals surface area contributed by atoms with E-state index >= 15 is 0 Å². The van der Waals surface area contributed by atoms with Gasteiger partial charge in [0, 0.05) is 26.5 Å². The molecule has 0 aromatic heterocycles. The molecule has 1 aliphatic rings. The van der Waals surface area contributed by atoms with Gasteiger partial charge < -0.3 is 19.5 Å². The fourth-order valence-corrected chi connectivity index (χ4v) is 1.58. The van der Waals surface area contributed by atoms with E-state index in [1.54, 1.807) is 0 Å². The zero-order valence-electron chi connectivity index (χ0n) is 10.7. The van der Waals surface area contributed by atoms with Crippen LogP contribution in [0.15, 0.2) is 0 Å². The van der Waals surface area contributed by atoms with Gasteiger partial charge >= 0.3 is 6.18 Å². The molecule has 0 spiro atoms. The van der Waals surface area contributed by atoms with Gasteiger partial charge in [-0.05, 0) is 12.8 Å². The van der Waals surface area contributed by atoms with E-state index in [-0.39, 0.29) is 37.8 Å². The molecule has 2 atom stereocenters. The van der Waals surface area contributed by atoms with Crippen LogP contribution in [-0.2, 0) is 19.0 Å². The average Bonchev–Trinajstić information content (AvgIpc) is 2.79. The number of amides is 1. The maximum atomic E-state index is 11.9. The molecule has 0 radical (unpaired) electrons. The van der Waals surface area contributed by atoms with Gasteiger partial charge in [-0.3, -0.25) is 4.79 Å². The van der Waals surface area contributed by atoms with Crippen molar-refractivity contribution in [3.63, 3.8) is 0 Å². The zero-order chi connectivity index (χ0) is 14.3. The third-order valence-corrected chi connectivity index (χ3v) is 2.56. The number of carbonyl (C=O) groups excluding carboxylic acids is 1. The van der Waals surface area contributed by atoms with Crippen molar-refractivity contribution in [1.82, 2.24) is 5.32 Å². The lowest BCUT2D eigenvalue weighted by atomic mass is 10.2. The van der Waals surface area contributed by atoms with E-state index in [0.29, 0.717) is 6.61 Å². The number of ether oxygens (including phenoxy) is 3. The molecule has 0 saturated carbocycles. The Bertz CT molecular complexity index is 286. The molecule has 1 saturated heterocycles. The van der Waals surface area contributed by atoms with Crippen LogP contribution in [-0.4, -0.2) is 44.9 Å². The molecule has 19 heavy (non-hydrogen) atoms. The van der Waals surface area contributed by atoms with E-state index in [4.69, 9.17) is 14.2 Å². The highest BCUT2D eigenvalue weighted by Gasteiger charge is 2.27. The molecule has 0 bridgehead atoms. The minimum Gasteiger partial charge on any atom is -0.353 e. The summed E-state index contributed by atoms with van der Waals surface area (Å²) < 4.78 is 50.7. The Morgan fingerprint density at radius 1 is 1.42 bits per heavy atom. The smallest absolute Gasteiger partial charge is 0.353 e. The van der Waals surface area contributed by atoms with Gasteiger partial charge in [-0.1, -0.05) is 0 Å². The summed E-state index contributed by atoms with van der Waals surface area (Å²) in [5.41, 5.74) is 0. The van der Waals surface area contributed by atoms with Crippen LogP contribution in [0.25, 0.3) is 0 Å². The fraction of sp³-hybridized carbons (Fsp3) is 0.909. The van der Waals surface area contributed by atoms with Crippen LogP contribution in [0.4, 0.5) is 13.2 Å². The lowest BCUT2D eigenvalue weighted by Gasteiger charge is -2.11. The summed E-state index contributed by atoms with van der Waals surface area (Å²) >= 11 is 0. The molecule has 1 amide bonds. The Morgan fingerprint density at radius 3 is 2.74 bits per heavy atom. The normalized spacial score (nSPS) is 23.6. The third-order valence-electron chi connectivity index (χ3n) is 2.56. The number of halogens is 3. The molecule has 0 aromatic rings. The summed E-state index contributed by atoms with van der Waals surface area (Å²) in [6.45, 7) is -0.140. The van der Waals surface area contributed by atoms with Gasteiger partial charge in [-0.25, -0.2) is 0 Å². The number of carbonyl (C=O) groups is 1. The molecule has 112 valence electrons. The van der Waals surface area contributed by atoms with Crippen molar-refractivity contribution in [3.05, 3.63) is 0 Å². The molecule has 5 nitrogen and oxygen atoms in total. The first-order valence-corrected chi connectivity index (χ1v) is 6.04. The maximum absolute atomic E-state index is 11.9. The summed E-state index contributed by atoms with van der Waals surface area (Å²) in [4.78, 5) is 11.4. The molecule has 1 heterocycles. The van der Waals surface area contributed by atoms with Crippen LogP contribution >= 0.6 is 0 Å². The third kappa shape index (κ3) is 7.34. The van der Waals surface area contributed by atoms with Gasteiger partial charge in [0.05, 0.1) is 6.61 Å². The Kier molecular flexibility index (Phi) is 6.53.